The molecule has 0 saturated heterocycles. The van der Waals surface area contributed by atoms with Crippen LogP contribution in [0.25, 0.3) is 65.3 Å². The second-order valence-electron chi connectivity index (χ2n) is 11.4. The van der Waals surface area contributed by atoms with Crippen LogP contribution in [-0.2, 0) is 0 Å². The van der Waals surface area contributed by atoms with Crippen molar-refractivity contribution in [2.24, 2.45) is 0 Å². The van der Waals surface area contributed by atoms with Gasteiger partial charge in [0.15, 0.2) is 5.58 Å². The van der Waals surface area contributed by atoms with Gasteiger partial charge in [-0.2, -0.15) is 0 Å². The van der Waals surface area contributed by atoms with Crippen molar-refractivity contribution < 1.29 is 8.83 Å². The molecule has 8 heteroatoms. The number of hydrogen-bond donors (Lipinski definition) is 0. The molecule has 0 bridgehead atoms. The molecule has 0 amide bonds. The maximum absolute atomic E-state index is 6.40. The fraction of sp³-hybridized carbons (Fsp3) is 0. The van der Waals surface area contributed by atoms with Crippen LogP contribution in [0.1, 0.15) is 0 Å². The summed E-state index contributed by atoms with van der Waals surface area (Å²) in [6.07, 6.45) is 0. The van der Waals surface area contributed by atoms with Crippen molar-refractivity contribution in [2.45, 2.75) is 19.6 Å². The first-order valence-electron chi connectivity index (χ1n) is 14.9. The first kappa shape index (κ1) is 25.2. The SMILES string of the molecule is c1ccc2oc(-c3ccc4c5c3Sc3cc6c(cc3N5c3ccc(-c5nc7ccccc7s5)cc3S4)oc3ccccc36)nc2c1. The second kappa shape index (κ2) is 9.26. The van der Waals surface area contributed by atoms with Gasteiger partial charge >= 0.3 is 0 Å². The molecule has 216 valence electrons. The lowest BCUT2D eigenvalue weighted by Crippen LogP contribution is -2.19. The average Bonchev–Trinajstić information content (AvgIpc) is 3.82. The van der Waals surface area contributed by atoms with Crippen LogP contribution in [0.4, 0.5) is 17.1 Å². The van der Waals surface area contributed by atoms with Crippen molar-refractivity contribution in [3.63, 3.8) is 0 Å². The van der Waals surface area contributed by atoms with Gasteiger partial charge in [-0.15, -0.1) is 11.3 Å². The van der Waals surface area contributed by atoms with Gasteiger partial charge in [0.2, 0.25) is 5.89 Å². The third-order valence-electron chi connectivity index (χ3n) is 8.72. The normalized spacial score (nSPS) is 13.4. The number of furan rings is 1. The van der Waals surface area contributed by atoms with E-state index in [-0.39, 0.29) is 0 Å². The Kier molecular flexibility index (Phi) is 5.08. The molecule has 0 unspecified atom stereocenters. The van der Waals surface area contributed by atoms with Crippen LogP contribution >= 0.6 is 34.9 Å². The topological polar surface area (TPSA) is 55.3 Å². The molecule has 46 heavy (non-hydrogen) atoms. The summed E-state index contributed by atoms with van der Waals surface area (Å²) >= 11 is 5.32. The second-order valence-corrected chi connectivity index (χ2v) is 14.6. The molecule has 6 aromatic carbocycles. The van der Waals surface area contributed by atoms with Gasteiger partial charge in [-0.25, -0.2) is 9.97 Å². The van der Waals surface area contributed by atoms with E-state index in [0.717, 1.165) is 81.5 Å². The highest BCUT2D eigenvalue weighted by Crippen LogP contribution is 2.63. The molecular weight excluding hydrogens is 627 g/mol. The van der Waals surface area contributed by atoms with Crippen molar-refractivity contribution in [2.75, 3.05) is 4.90 Å². The smallest absolute Gasteiger partial charge is 0.228 e. The number of aromatic nitrogens is 2. The Morgan fingerprint density at radius 1 is 0.565 bits per heavy atom. The summed E-state index contributed by atoms with van der Waals surface area (Å²) in [6.45, 7) is 0. The van der Waals surface area contributed by atoms with E-state index < -0.39 is 0 Å². The standard InChI is InChI=1S/C38H19N3O2S3/c1-4-10-28-21(7-1)23-18-34-27(19-30(23)42-28)41-26-15-13-20(38-40-25-9-3-6-12-31(25)46-38)17-33(26)44-32-16-14-22(36(45-34)35(32)41)37-39-24-8-2-5-11-29(24)43-37/h1-19H. The molecule has 9 aromatic rings. The van der Waals surface area contributed by atoms with Crippen LogP contribution < -0.4 is 4.90 Å². The molecule has 0 atom stereocenters. The number of rotatable bonds is 2. The summed E-state index contributed by atoms with van der Waals surface area (Å²) in [5.41, 5.74) is 9.95. The van der Waals surface area contributed by atoms with Gasteiger partial charge in [0.05, 0.1) is 37.7 Å². The molecule has 2 aliphatic heterocycles. The molecular formula is C38H19N3O2S3. The summed E-state index contributed by atoms with van der Waals surface area (Å²) in [7, 11) is 0. The van der Waals surface area contributed by atoms with Crippen LogP contribution in [0.5, 0.6) is 0 Å². The van der Waals surface area contributed by atoms with E-state index in [4.69, 9.17) is 18.8 Å². The molecule has 5 nitrogen and oxygen atoms in total. The van der Waals surface area contributed by atoms with Gasteiger partial charge in [-0.3, -0.25) is 0 Å². The van der Waals surface area contributed by atoms with Crippen molar-refractivity contribution in [1.29, 1.82) is 0 Å². The van der Waals surface area contributed by atoms with E-state index >= 15 is 0 Å². The first-order chi connectivity index (χ1) is 22.7. The lowest BCUT2D eigenvalue weighted by Gasteiger charge is -2.39. The van der Waals surface area contributed by atoms with E-state index in [2.05, 4.69) is 77.7 Å². The molecule has 0 N–H and O–H groups in total. The van der Waals surface area contributed by atoms with Crippen LogP contribution in [0.3, 0.4) is 0 Å². The number of hydrogen-bond acceptors (Lipinski definition) is 8. The van der Waals surface area contributed by atoms with E-state index in [0.29, 0.717) is 5.89 Å². The van der Waals surface area contributed by atoms with Crippen molar-refractivity contribution in [3.05, 3.63) is 115 Å². The zero-order valence-corrected chi connectivity index (χ0v) is 26.3. The Balaban J connectivity index is 1.15. The van der Waals surface area contributed by atoms with Crippen molar-refractivity contribution >= 4 is 95.2 Å². The fourth-order valence-electron chi connectivity index (χ4n) is 6.61. The minimum Gasteiger partial charge on any atom is -0.456 e. The highest BCUT2D eigenvalue weighted by atomic mass is 32.2. The molecule has 0 spiro atoms. The maximum atomic E-state index is 6.40. The summed E-state index contributed by atoms with van der Waals surface area (Å²) in [5, 5.41) is 3.26. The fourth-order valence-corrected chi connectivity index (χ4v) is 9.97. The Morgan fingerprint density at radius 2 is 1.39 bits per heavy atom. The molecule has 5 heterocycles. The minimum absolute atomic E-state index is 0.631. The zero-order chi connectivity index (χ0) is 29.9. The van der Waals surface area contributed by atoms with E-state index in [9.17, 15) is 0 Å². The van der Waals surface area contributed by atoms with Gasteiger partial charge < -0.3 is 13.7 Å². The number of anilines is 3. The first-order valence-corrected chi connectivity index (χ1v) is 17.3. The van der Waals surface area contributed by atoms with Gasteiger partial charge in [-0.1, -0.05) is 66.0 Å². The van der Waals surface area contributed by atoms with Crippen LogP contribution in [0, 0.1) is 0 Å². The quantitative estimate of drug-likeness (QED) is 0.185. The lowest BCUT2D eigenvalue weighted by atomic mass is 10.1. The van der Waals surface area contributed by atoms with Gasteiger partial charge in [0.1, 0.15) is 21.7 Å². The summed E-state index contributed by atoms with van der Waals surface area (Å²) in [6, 6.07) is 40.1. The molecule has 0 fully saturated rings. The molecule has 2 aliphatic rings. The predicted molar refractivity (Wildman–Crippen MR) is 188 cm³/mol. The van der Waals surface area contributed by atoms with Crippen molar-refractivity contribution in [3.8, 4) is 22.0 Å². The maximum Gasteiger partial charge on any atom is 0.228 e. The van der Waals surface area contributed by atoms with E-state index in [1.807, 2.05) is 42.5 Å². The number of benzene rings is 6. The van der Waals surface area contributed by atoms with Crippen LogP contribution in [0.15, 0.2) is 144 Å². The summed E-state index contributed by atoms with van der Waals surface area (Å²) in [5.74, 6) is 0.631. The average molecular weight is 646 g/mol. The predicted octanol–water partition coefficient (Wildman–Crippen LogP) is 12.1. The number of oxazole rings is 1. The van der Waals surface area contributed by atoms with Crippen LogP contribution in [-0.4, -0.2) is 9.97 Å². The Bertz CT molecular complexity index is 2670. The Labute approximate surface area is 274 Å². The lowest BCUT2D eigenvalue weighted by molar-refractivity contribution is 0.618. The number of thiazole rings is 1. The highest BCUT2D eigenvalue weighted by Gasteiger charge is 2.36. The molecule has 0 saturated carbocycles. The van der Waals surface area contributed by atoms with E-state index in [1.165, 1.54) is 14.5 Å². The van der Waals surface area contributed by atoms with Gasteiger partial charge in [0, 0.05) is 37.1 Å². The number of nitrogens with zero attached hydrogens (tertiary/aromatic N) is 3. The zero-order valence-electron chi connectivity index (χ0n) is 23.9. The molecule has 0 aliphatic carbocycles. The molecule has 0 radical (unpaired) electrons. The third kappa shape index (κ3) is 3.54. The van der Waals surface area contributed by atoms with E-state index in [1.54, 1.807) is 34.9 Å². The minimum atomic E-state index is 0.631. The summed E-state index contributed by atoms with van der Waals surface area (Å²) < 4.78 is 13.9. The highest BCUT2D eigenvalue weighted by molar-refractivity contribution is 8.01. The molecule has 11 rings (SSSR count). The van der Waals surface area contributed by atoms with Crippen LogP contribution in [0.2, 0.25) is 0 Å². The Morgan fingerprint density at radius 3 is 2.30 bits per heavy atom. The number of para-hydroxylation sites is 4. The van der Waals surface area contributed by atoms with Gasteiger partial charge in [0.25, 0.3) is 0 Å². The number of fused-ring (bicyclic) bond motifs is 9. The van der Waals surface area contributed by atoms with Gasteiger partial charge in [-0.05, 0) is 66.7 Å². The molecule has 3 aromatic heterocycles. The summed E-state index contributed by atoms with van der Waals surface area (Å²) in [4.78, 5) is 16.9. The Hall–Kier alpha value is -5.02. The largest absolute Gasteiger partial charge is 0.456 e. The third-order valence-corrected chi connectivity index (χ3v) is 12.1. The van der Waals surface area contributed by atoms with Crippen molar-refractivity contribution in [1.82, 2.24) is 9.97 Å². The monoisotopic (exact) mass is 645 g/mol.